The van der Waals surface area contributed by atoms with Crippen molar-refractivity contribution in [3.8, 4) is 70.3 Å². The van der Waals surface area contributed by atoms with Crippen LogP contribution in [0, 0.1) is 13.8 Å². The molecule has 0 spiro atoms. The zero-order chi connectivity index (χ0) is 40.9. The minimum atomic E-state index is -0.0651. The predicted octanol–water partition coefficient (Wildman–Crippen LogP) is 16.5. The largest absolute Gasteiger partial charge is 0.281 e. The average molecular weight is 951 g/mol. The van der Waals surface area contributed by atoms with E-state index in [9.17, 15) is 9.59 Å². The van der Waals surface area contributed by atoms with Gasteiger partial charge in [0.25, 0.3) is 0 Å². The highest BCUT2D eigenvalue weighted by atomic mass is 32.2. The van der Waals surface area contributed by atoms with E-state index in [1.807, 2.05) is 65.2 Å². The molecule has 7 aromatic heterocycles. The number of carbonyl (C=O) groups is 2. The minimum absolute atomic E-state index is 0.0567. The predicted molar refractivity (Wildman–Crippen MR) is 267 cm³/mol. The number of hydrogen-bond donors (Lipinski definition) is 0. The van der Waals surface area contributed by atoms with Gasteiger partial charge in [-0.2, -0.15) is 8.75 Å². The van der Waals surface area contributed by atoms with Crippen LogP contribution >= 0.6 is 103 Å². The Kier molecular flexibility index (Phi) is 9.43. The Balaban J connectivity index is 0.783. The number of rotatable bonds is 7. The molecule has 0 aliphatic carbocycles. The number of hydrogen-bond acceptors (Lipinski definition) is 13. The van der Waals surface area contributed by atoms with Crippen molar-refractivity contribution in [1.82, 2.24) is 8.75 Å². The van der Waals surface area contributed by atoms with E-state index in [1.165, 1.54) is 88.9 Å². The second-order valence-electron chi connectivity index (χ2n) is 14.6. The lowest BCUT2D eigenvalue weighted by Crippen LogP contribution is -1.99. The quantitative estimate of drug-likeness (QED) is 0.148. The maximum atomic E-state index is 13.4. The number of carbonyl (C=O) groups excluding carboxylic acids is 2. The molecule has 0 atom stereocenters. The highest BCUT2D eigenvalue weighted by Gasteiger charge is 2.36. The molecule has 0 amide bonds. The van der Waals surface area contributed by atoms with Crippen molar-refractivity contribution in [3.05, 3.63) is 143 Å². The number of aromatic nitrogens is 2. The van der Waals surface area contributed by atoms with Crippen LogP contribution in [0.25, 0.3) is 92.5 Å². The molecule has 3 aromatic carbocycles. The van der Waals surface area contributed by atoms with E-state index in [1.54, 1.807) is 34.0 Å². The zero-order valence-electron chi connectivity index (χ0n) is 31.9. The first-order valence-electron chi connectivity index (χ1n) is 19.1. The Morgan fingerprint density at radius 3 is 1.28 bits per heavy atom. The maximum absolute atomic E-state index is 13.4. The molecule has 61 heavy (non-hydrogen) atoms. The van der Waals surface area contributed by atoms with Gasteiger partial charge in [-0.3, -0.25) is 9.59 Å². The normalized spacial score (nSPS) is 14.8. The van der Waals surface area contributed by atoms with Gasteiger partial charge in [-0.1, -0.05) is 36.4 Å². The summed E-state index contributed by atoms with van der Waals surface area (Å²) in [6.45, 7) is 4.18. The first-order valence-corrected chi connectivity index (χ1v) is 26.3. The summed E-state index contributed by atoms with van der Waals surface area (Å²) in [5, 5.41) is -0.122. The van der Waals surface area contributed by atoms with E-state index < -0.39 is 0 Å². The number of thiophene rings is 6. The lowest BCUT2D eigenvalue weighted by Gasteiger charge is -2.06. The van der Waals surface area contributed by atoms with Crippen LogP contribution in [-0.4, -0.2) is 19.0 Å². The topological polar surface area (TPSA) is 59.9 Å². The summed E-state index contributed by atoms with van der Waals surface area (Å²) in [5.74, 6) is 0. The second kappa shape index (κ2) is 15.1. The number of nitrogens with zero attached hydrogens (tertiary/aromatic N) is 2. The van der Waals surface area contributed by atoms with Crippen molar-refractivity contribution in [1.29, 1.82) is 0 Å². The van der Waals surface area contributed by atoms with E-state index in [2.05, 4.69) is 104 Å². The van der Waals surface area contributed by atoms with Gasteiger partial charge in [0.05, 0.1) is 11.7 Å². The summed E-state index contributed by atoms with van der Waals surface area (Å²) in [4.78, 5) is 43.3. The van der Waals surface area contributed by atoms with Crippen molar-refractivity contribution >= 4 is 136 Å². The smallest absolute Gasteiger partial charge is 0.225 e. The lowest BCUT2D eigenvalue weighted by atomic mass is 9.95. The Bertz CT molecular complexity index is 3470. The third-order valence-corrected chi connectivity index (χ3v) is 20.4. The highest BCUT2D eigenvalue weighted by molar-refractivity contribution is 8.16. The molecule has 10 aromatic rings. The molecule has 9 heterocycles. The Morgan fingerprint density at radius 2 is 0.770 bits per heavy atom. The van der Waals surface area contributed by atoms with Crippen LogP contribution in [0.1, 0.15) is 21.6 Å². The number of aryl methyl sites for hydroxylation is 2. The van der Waals surface area contributed by atoms with Gasteiger partial charge in [0, 0.05) is 102 Å². The fraction of sp³-hybridized carbons (Fsp3) is 0.0417. The summed E-state index contributed by atoms with van der Waals surface area (Å²) in [6.07, 6.45) is 0. The van der Waals surface area contributed by atoms with Gasteiger partial charge in [0.2, 0.25) is 10.2 Å². The molecule has 2 aliphatic heterocycles. The van der Waals surface area contributed by atoms with Crippen LogP contribution in [0.5, 0.6) is 0 Å². The van der Waals surface area contributed by atoms with Crippen LogP contribution < -0.4 is 0 Å². The third-order valence-electron chi connectivity index (χ3n) is 10.7. The molecular formula is C48H26N2O2S9. The monoisotopic (exact) mass is 950 g/mol. The molecule has 0 fully saturated rings. The van der Waals surface area contributed by atoms with Crippen LogP contribution in [0.2, 0.25) is 0 Å². The van der Waals surface area contributed by atoms with Crippen LogP contribution in [0.4, 0.5) is 0 Å². The number of benzene rings is 3. The molecule has 0 saturated heterocycles. The first-order chi connectivity index (χ1) is 29.8. The van der Waals surface area contributed by atoms with Gasteiger partial charge in [-0.15, -0.1) is 68.0 Å². The molecule has 2 aliphatic rings. The van der Waals surface area contributed by atoms with Gasteiger partial charge < -0.3 is 0 Å². The average Bonchev–Trinajstić information content (AvgIpc) is 4.08. The Morgan fingerprint density at radius 1 is 0.377 bits per heavy atom. The van der Waals surface area contributed by atoms with Gasteiger partial charge in [-0.05, 0) is 133 Å². The molecular weight excluding hydrogens is 925 g/mol. The molecule has 294 valence electrons. The van der Waals surface area contributed by atoms with Gasteiger partial charge in [-0.25, -0.2) is 0 Å². The van der Waals surface area contributed by atoms with Crippen molar-refractivity contribution in [2.24, 2.45) is 0 Å². The molecule has 0 bridgehead atoms. The third kappa shape index (κ3) is 6.64. The Hall–Kier alpha value is -4.54. The van der Waals surface area contributed by atoms with Crippen LogP contribution in [0.3, 0.4) is 0 Å². The van der Waals surface area contributed by atoms with E-state index in [0.717, 1.165) is 59.1 Å². The first kappa shape index (κ1) is 38.2. The molecule has 12 rings (SSSR count). The van der Waals surface area contributed by atoms with Gasteiger partial charge in [0.1, 0.15) is 11.0 Å². The summed E-state index contributed by atoms with van der Waals surface area (Å²) in [5.41, 5.74) is 9.08. The van der Waals surface area contributed by atoms with Gasteiger partial charge in [0.15, 0.2) is 0 Å². The Labute approximate surface area is 387 Å². The summed E-state index contributed by atoms with van der Waals surface area (Å²) < 4.78 is 9.62. The van der Waals surface area contributed by atoms with E-state index in [-0.39, 0.29) is 10.2 Å². The minimum Gasteiger partial charge on any atom is -0.281 e. The number of thioether (sulfide) groups is 2. The zero-order valence-corrected chi connectivity index (χ0v) is 39.3. The molecule has 0 saturated carbocycles. The molecule has 13 heteroatoms. The standard InChI is InChI=1S/C48H26N2O2S9/c1-23-3-6-26-41(21-23)59-47(51)43(26)44-27-7-5-25(22-42(27)60-48(44)52)30-11-14-35(54-30)38-19-20-40(58-38)37-16-13-32(56-37)29-9-8-28(45-46(29)50-61-49-45)31-12-15-36(55-31)39-18-17-34(57-39)33-10-4-24(2)53-33/h3-22H,1-2H3/b44-43+. The lowest BCUT2D eigenvalue weighted by molar-refractivity contribution is -0.107. The second-order valence-corrected chi connectivity index (χ2v) is 23.9. The van der Waals surface area contributed by atoms with Crippen molar-refractivity contribution in [2.75, 3.05) is 0 Å². The van der Waals surface area contributed by atoms with Crippen LogP contribution in [0.15, 0.2) is 131 Å². The van der Waals surface area contributed by atoms with Gasteiger partial charge >= 0.3 is 0 Å². The summed E-state index contributed by atoms with van der Waals surface area (Å²) in [6, 6.07) is 43.2. The fourth-order valence-corrected chi connectivity index (χ4v) is 16.7. The van der Waals surface area contributed by atoms with Crippen molar-refractivity contribution in [3.63, 3.8) is 0 Å². The SMILES string of the molecule is Cc1ccc2c(c1)SC(=O)/C2=C1/C(=O)Sc2cc(-c3ccc(-c4ccc(-c5ccc(-c6ccc(-c7ccc(-c8ccc(-c9ccc(C)s9)s8)s7)c7nsnc67)s5)s4)s3)ccc21. The molecule has 4 nitrogen and oxygen atoms in total. The van der Waals surface area contributed by atoms with E-state index in [4.69, 9.17) is 8.75 Å². The molecule has 0 N–H and O–H groups in total. The van der Waals surface area contributed by atoms with E-state index in [0.29, 0.717) is 11.1 Å². The maximum Gasteiger partial charge on any atom is 0.225 e. The summed E-state index contributed by atoms with van der Waals surface area (Å²) >= 11 is 14.6. The molecule has 0 unspecified atom stereocenters. The van der Waals surface area contributed by atoms with Crippen molar-refractivity contribution < 1.29 is 9.59 Å². The number of fused-ring (bicyclic) bond motifs is 3. The summed E-state index contributed by atoms with van der Waals surface area (Å²) in [7, 11) is 0. The van der Waals surface area contributed by atoms with E-state index >= 15 is 0 Å². The van der Waals surface area contributed by atoms with Crippen LogP contribution in [-0.2, 0) is 9.59 Å². The molecule has 0 radical (unpaired) electrons. The highest BCUT2D eigenvalue weighted by Crippen LogP contribution is 2.52. The van der Waals surface area contributed by atoms with Crippen molar-refractivity contribution in [2.45, 2.75) is 23.6 Å². The fourth-order valence-electron chi connectivity index (χ4n) is 7.77.